The molecular weight excluding hydrogens is 282 g/mol. The molecule has 94 valence electrons. The van der Waals surface area contributed by atoms with Crippen LogP contribution in [0.1, 0.15) is 29.8 Å². The van der Waals surface area contributed by atoms with E-state index in [0.29, 0.717) is 11.6 Å². The van der Waals surface area contributed by atoms with E-state index in [1.54, 1.807) is 12.1 Å². The number of methoxy groups -OCH3 is 1. The van der Waals surface area contributed by atoms with Gasteiger partial charge in [0, 0.05) is 17.1 Å². The largest absolute Gasteiger partial charge is 0.465 e. The smallest absolute Gasteiger partial charge is 0.337 e. The van der Waals surface area contributed by atoms with Crippen LogP contribution in [0.4, 0.5) is 0 Å². The molecule has 0 N–H and O–H groups in total. The Labute approximate surface area is 111 Å². The number of carbonyl (C=O) groups excluding carboxylic acids is 1. The molecule has 0 spiro atoms. The quantitative estimate of drug-likeness (QED) is 0.800. The first-order chi connectivity index (χ1) is 7.95. The zero-order chi connectivity index (χ0) is 13.0. The number of hydrogen-bond donors (Lipinski definition) is 0. The van der Waals surface area contributed by atoms with Gasteiger partial charge in [0.25, 0.3) is 0 Å². The van der Waals surface area contributed by atoms with Gasteiger partial charge in [0.15, 0.2) is 0 Å². The summed E-state index contributed by atoms with van der Waals surface area (Å²) in [6, 6.07) is 6.03. The van der Waals surface area contributed by atoms with Gasteiger partial charge < -0.3 is 4.74 Å². The highest BCUT2D eigenvalue weighted by Crippen LogP contribution is 2.21. The van der Waals surface area contributed by atoms with Gasteiger partial charge >= 0.3 is 5.97 Å². The third kappa shape index (κ3) is 3.82. The normalized spacial score (nSPS) is 11.0. The molecule has 0 aliphatic carbocycles. The summed E-state index contributed by atoms with van der Waals surface area (Å²) >= 11 is 3.49. The van der Waals surface area contributed by atoms with Gasteiger partial charge in [-0.05, 0) is 38.6 Å². The molecule has 0 amide bonds. The predicted molar refractivity (Wildman–Crippen MR) is 72.1 cm³/mol. The Morgan fingerprint density at radius 3 is 2.59 bits per heavy atom. The maximum Gasteiger partial charge on any atom is 0.337 e. The van der Waals surface area contributed by atoms with Crippen LogP contribution in [0.3, 0.4) is 0 Å². The third-order valence-electron chi connectivity index (χ3n) is 2.78. The van der Waals surface area contributed by atoms with Crippen LogP contribution in [0.2, 0.25) is 0 Å². The second kappa shape index (κ2) is 6.17. The van der Waals surface area contributed by atoms with Gasteiger partial charge in [-0.1, -0.05) is 22.0 Å². The molecule has 17 heavy (non-hydrogen) atoms. The first kappa shape index (κ1) is 14.2. The van der Waals surface area contributed by atoms with E-state index in [-0.39, 0.29) is 5.97 Å². The highest BCUT2D eigenvalue weighted by Gasteiger charge is 2.10. The minimum absolute atomic E-state index is 0.311. The molecule has 0 aliphatic heterocycles. The number of carbonyl (C=O) groups is 1. The summed E-state index contributed by atoms with van der Waals surface area (Å²) in [6.07, 6.45) is 0. The van der Waals surface area contributed by atoms with Crippen LogP contribution in [-0.4, -0.2) is 31.1 Å². The van der Waals surface area contributed by atoms with Gasteiger partial charge in [-0.25, -0.2) is 4.79 Å². The van der Waals surface area contributed by atoms with Gasteiger partial charge in [0.1, 0.15) is 0 Å². The number of rotatable bonds is 4. The summed E-state index contributed by atoms with van der Waals surface area (Å²) in [4.78, 5) is 13.6. The summed E-state index contributed by atoms with van der Waals surface area (Å²) in [5.41, 5.74) is 1.73. The molecule has 0 saturated carbocycles. The number of esters is 1. The van der Waals surface area contributed by atoms with Gasteiger partial charge in [-0.3, -0.25) is 4.90 Å². The van der Waals surface area contributed by atoms with E-state index in [2.05, 4.69) is 46.5 Å². The summed E-state index contributed by atoms with van der Waals surface area (Å²) in [5, 5.41) is 0. The Hall–Kier alpha value is -0.870. The number of hydrogen-bond acceptors (Lipinski definition) is 3. The maximum absolute atomic E-state index is 11.4. The van der Waals surface area contributed by atoms with Crippen molar-refractivity contribution in [3.05, 3.63) is 33.8 Å². The molecule has 0 bridgehead atoms. The second-order valence-corrected chi connectivity index (χ2v) is 5.16. The van der Waals surface area contributed by atoms with Crippen LogP contribution >= 0.6 is 15.9 Å². The van der Waals surface area contributed by atoms with Crippen LogP contribution in [0.5, 0.6) is 0 Å². The van der Waals surface area contributed by atoms with E-state index in [9.17, 15) is 4.79 Å². The van der Waals surface area contributed by atoms with Crippen LogP contribution in [-0.2, 0) is 11.3 Å². The Morgan fingerprint density at radius 1 is 1.47 bits per heavy atom. The van der Waals surface area contributed by atoms with E-state index in [1.165, 1.54) is 7.11 Å². The third-order valence-corrected chi connectivity index (χ3v) is 3.51. The molecule has 0 aliphatic rings. The zero-order valence-corrected chi connectivity index (χ0v) is 12.2. The van der Waals surface area contributed by atoms with Crippen molar-refractivity contribution in [1.29, 1.82) is 0 Å². The van der Waals surface area contributed by atoms with Crippen molar-refractivity contribution in [2.45, 2.75) is 26.4 Å². The van der Waals surface area contributed by atoms with E-state index in [1.807, 2.05) is 6.07 Å². The number of halogens is 1. The predicted octanol–water partition coefficient (Wildman–Crippen LogP) is 3.08. The molecule has 3 nitrogen and oxygen atoms in total. The van der Waals surface area contributed by atoms with Crippen LogP contribution in [0, 0.1) is 0 Å². The Morgan fingerprint density at radius 2 is 2.12 bits per heavy atom. The first-order valence-electron chi connectivity index (χ1n) is 5.52. The summed E-state index contributed by atoms with van der Waals surface area (Å²) in [7, 11) is 3.46. The zero-order valence-electron chi connectivity index (χ0n) is 10.7. The summed E-state index contributed by atoms with van der Waals surface area (Å²) in [6.45, 7) is 5.15. The summed E-state index contributed by atoms with van der Waals surface area (Å²) < 4.78 is 5.62. The Kier molecular flexibility index (Phi) is 5.15. The summed E-state index contributed by atoms with van der Waals surface area (Å²) in [5.74, 6) is -0.311. The fraction of sp³-hybridized carbons (Fsp3) is 0.462. The highest BCUT2D eigenvalue weighted by atomic mass is 79.9. The molecule has 0 unspecified atom stereocenters. The maximum atomic E-state index is 11.4. The Bertz CT molecular complexity index is 404. The average molecular weight is 300 g/mol. The number of nitrogens with zero attached hydrogens (tertiary/aromatic N) is 1. The molecule has 0 saturated heterocycles. The molecule has 0 atom stereocenters. The first-order valence-corrected chi connectivity index (χ1v) is 6.32. The fourth-order valence-electron chi connectivity index (χ4n) is 1.37. The fourth-order valence-corrected chi connectivity index (χ4v) is 1.88. The minimum atomic E-state index is -0.311. The van der Waals surface area contributed by atoms with Crippen molar-refractivity contribution in [3.63, 3.8) is 0 Å². The lowest BCUT2D eigenvalue weighted by Gasteiger charge is -2.21. The molecule has 0 aromatic heterocycles. The van der Waals surface area contributed by atoms with Gasteiger partial charge in [-0.15, -0.1) is 0 Å². The molecular formula is C13H18BrNO2. The molecule has 0 fully saturated rings. The number of benzene rings is 1. The number of ether oxygens (including phenoxy) is 1. The lowest BCUT2D eigenvalue weighted by atomic mass is 10.1. The second-order valence-electron chi connectivity index (χ2n) is 4.31. The molecule has 1 rings (SSSR count). The molecule has 0 radical (unpaired) electrons. The van der Waals surface area contributed by atoms with Crippen molar-refractivity contribution >= 4 is 21.9 Å². The van der Waals surface area contributed by atoms with Crippen LogP contribution < -0.4 is 0 Å². The van der Waals surface area contributed by atoms with Crippen molar-refractivity contribution in [3.8, 4) is 0 Å². The standard InChI is InChI=1S/C13H18BrNO2/c1-9(2)15(3)8-11-6-5-10(7-12(11)14)13(16)17-4/h5-7,9H,8H2,1-4H3. The molecule has 1 aromatic carbocycles. The molecule has 0 heterocycles. The lowest BCUT2D eigenvalue weighted by molar-refractivity contribution is 0.0600. The van der Waals surface area contributed by atoms with Crippen molar-refractivity contribution in [2.24, 2.45) is 0 Å². The van der Waals surface area contributed by atoms with E-state index in [4.69, 9.17) is 0 Å². The lowest BCUT2D eigenvalue weighted by Crippen LogP contribution is -2.25. The van der Waals surface area contributed by atoms with Crippen molar-refractivity contribution in [1.82, 2.24) is 4.90 Å². The van der Waals surface area contributed by atoms with E-state index < -0.39 is 0 Å². The Balaban J connectivity index is 2.87. The monoisotopic (exact) mass is 299 g/mol. The van der Waals surface area contributed by atoms with Crippen molar-refractivity contribution < 1.29 is 9.53 Å². The van der Waals surface area contributed by atoms with Crippen LogP contribution in [0.25, 0.3) is 0 Å². The highest BCUT2D eigenvalue weighted by molar-refractivity contribution is 9.10. The minimum Gasteiger partial charge on any atom is -0.465 e. The molecule has 4 heteroatoms. The van der Waals surface area contributed by atoms with E-state index >= 15 is 0 Å². The SMILES string of the molecule is COC(=O)c1ccc(CN(C)C(C)C)c(Br)c1. The van der Waals surface area contributed by atoms with Gasteiger partial charge in [-0.2, -0.15) is 0 Å². The van der Waals surface area contributed by atoms with Crippen molar-refractivity contribution in [2.75, 3.05) is 14.2 Å². The molecule has 1 aromatic rings. The average Bonchev–Trinajstić information content (AvgIpc) is 2.30. The van der Waals surface area contributed by atoms with Gasteiger partial charge in [0.05, 0.1) is 12.7 Å². The van der Waals surface area contributed by atoms with Crippen LogP contribution in [0.15, 0.2) is 22.7 Å². The van der Waals surface area contributed by atoms with E-state index in [0.717, 1.165) is 16.6 Å². The topological polar surface area (TPSA) is 29.5 Å². The van der Waals surface area contributed by atoms with Gasteiger partial charge in [0.2, 0.25) is 0 Å².